The Labute approximate surface area is 57.1 Å². The molecule has 3 atom stereocenters. The van der Waals surface area contributed by atoms with Crippen molar-refractivity contribution in [3.8, 4) is 0 Å². The van der Waals surface area contributed by atoms with Crippen LogP contribution < -0.4 is 5.73 Å². The normalized spacial score (nSPS) is 21.0. The highest BCUT2D eigenvalue weighted by Gasteiger charge is 2.15. The molecule has 0 fully saturated rings. The molecule has 0 rings (SSSR count). The summed E-state index contributed by atoms with van der Waals surface area (Å²) in [5.41, 5.74) is 5.46. The predicted octanol–water partition coefficient (Wildman–Crippen LogP) is 0.741. The van der Waals surface area contributed by atoms with E-state index in [0.29, 0.717) is 5.92 Å². The largest absolute Gasteiger partial charge is 0.391 e. The van der Waals surface area contributed by atoms with Crippen molar-refractivity contribution in [1.29, 1.82) is 0 Å². The van der Waals surface area contributed by atoms with Gasteiger partial charge in [-0.3, -0.25) is 0 Å². The first-order valence-corrected chi connectivity index (χ1v) is 3.53. The van der Waals surface area contributed by atoms with Gasteiger partial charge in [0.15, 0.2) is 0 Å². The fourth-order valence-electron chi connectivity index (χ4n) is 0.760. The molecule has 0 aromatic carbocycles. The molecule has 0 saturated carbocycles. The fraction of sp³-hybridized carbons (Fsp3) is 1.00. The van der Waals surface area contributed by atoms with Gasteiger partial charge in [0.25, 0.3) is 0 Å². The number of aliphatic hydroxyl groups is 1. The van der Waals surface area contributed by atoms with E-state index in [1.54, 1.807) is 0 Å². The molecule has 0 radical (unpaired) electrons. The van der Waals surface area contributed by atoms with E-state index in [4.69, 9.17) is 5.73 Å². The van der Waals surface area contributed by atoms with Gasteiger partial charge < -0.3 is 10.8 Å². The molecule has 0 amide bonds. The first kappa shape index (κ1) is 8.92. The van der Waals surface area contributed by atoms with Gasteiger partial charge in [-0.15, -0.1) is 0 Å². The molecule has 0 saturated heterocycles. The van der Waals surface area contributed by atoms with Crippen LogP contribution in [0.25, 0.3) is 0 Å². The zero-order valence-corrected chi connectivity index (χ0v) is 6.46. The summed E-state index contributed by atoms with van der Waals surface area (Å²) in [4.78, 5) is 0. The average Bonchev–Trinajstić information content (AvgIpc) is 1.84. The lowest BCUT2D eigenvalue weighted by Gasteiger charge is -2.20. The van der Waals surface area contributed by atoms with Gasteiger partial charge in [-0.25, -0.2) is 0 Å². The molecule has 0 bridgehead atoms. The lowest BCUT2D eigenvalue weighted by atomic mass is 9.97. The second kappa shape index (κ2) is 3.85. The van der Waals surface area contributed by atoms with Crippen molar-refractivity contribution >= 4 is 0 Å². The molecule has 0 aromatic heterocycles. The number of rotatable bonds is 3. The maximum atomic E-state index is 9.27. The summed E-state index contributed by atoms with van der Waals surface area (Å²) in [5, 5.41) is 9.27. The zero-order chi connectivity index (χ0) is 7.44. The summed E-state index contributed by atoms with van der Waals surface area (Å²) in [6, 6.07) is -0.0973. The number of nitrogens with two attached hydrogens (primary N) is 1. The maximum Gasteiger partial charge on any atom is 0.0713 e. The molecular weight excluding hydrogens is 114 g/mol. The van der Waals surface area contributed by atoms with E-state index in [9.17, 15) is 5.11 Å². The molecule has 2 nitrogen and oxygen atoms in total. The Morgan fingerprint density at radius 2 is 1.89 bits per heavy atom. The summed E-state index contributed by atoms with van der Waals surface area (Å²) in [5.74, 6) is 0.324. The van der Waals surface area contributed by atoms with E-state index in [2.05, 4.69) is 6.92 Å². The van der Waals surface area contributed by atoms with E-state index >= 15 is 0 Å². The van der Waals surface area contributed by atoms with E-state index in [1.807, 2.05) is 13.8 Å². The summed E-state index contributed by atoms with van der Waals surface area (Å²) in [6.07, 6.45) is 0.651. The van der Waals surface area contributed by atoms with Crippen molar-refractivity contribution in [3.63, 3.8) is 0 Å². The van der Waals surface area contributed by atoms with E-state index < -0.39 is 0 Å². The van der Waals surface area contributed by atoms with Crippen molar-refractivity contribution in [2.24, 2.45) is 11.7 Å². The second-order valence-electron chi connectivity index (χ2n) is 2.74. The quantitative estimate of drug-likeness (QED) is 0.593. The molecule has 56 valence electrons. The van der Waals surface area contributed by atoms with Crippen molar-refractivity contribution < 1.29 is 5.11 Å². The maximum absolute atomic E-state index is 9.27. The summed E-state index contributed by atoms with van der Waals surface area (Å²) in [6.45, 7) is 5.89. The molecule has 3 N–H and O–H groups in total. The van der Waals surface area contributed by atoms with Crippen LogP contribution in [0.5, 0.6) is 0 Å². The molecule has 0 aliphatic carbocycles. The monoisotopic (exact) mass is 131 g/mol. The number of hydrogen-bond donors (Lipinski definition) is 2. The highest BCUT2D eigenvalue weighted by atomic mass is 16.3. The van der Waals surface area contributed by atoms with Gasteiger partial charge in [0.1, 0.15) is 0 Å². The third-order valence-corrected chi connectivity index (χ3v) is 1.77. The Hall–Kier alpha value is -0.0800. The van der Waals surface area contributed by atoms with Crippen LogP contribution in [0.4, 0.5) is 0 Å². The van der Waals surface area contributed by atoms with Crippen LogP contribution in [-0.4, -0.2) is 17.3 Å². The molecule has 2 heteroatoms. The van der Waals surface area contributed by atoms with Crippen LogP contribution >= 0.6 is 0 Å². The minimum Gasteiger partial charge on any atom is -0.391 e. The van der Waals surface area contributed by atoms with E-state index in [-0.39, 0.29) is 12.1 Å². The van der Waals surface area contributed by atoms with Crippen LogP contribution in [0.15, 0.2) is 0 Å². The molecule has 0 heterocycles. The smallest absolute Gasteiger partial charge is 0.0713 e. The van der Waals surface area contributed by atoms with Gasteiger partial charge >= 0.3 is 0 Å². The van der Waals surface area contributed by atoms with Crippen molar-refractivity contribution in [1.82, 2.24) is 0 Å². The molecule has 0 aliphatic heterocycles. The highest BCUT2D eigenvalue weighted by Crippen LogP contribution is 2.08. The van der Waals surface area contributed by atoms with Gasteiger partial charge in [0.2, 0.25) is 0 Å². The summed E-state index contributed by atoms with van der Waals surface area (Å²) >= 11 is 0. The van der Waals surface area contributed by atoms with Crippen molar-refractivity contribution in [2.75, 3.05) is 0 Å². The van der Waals surface area contributed by atoms with Crippen molar-refractivity contribution in [2.45, 2.75) is 39.3 Å². The third kappa shape index (κ3) is 2.82. The fourth-order valence-corrected chi connectivity index (χ4v) is 0.760. The first-order valence-electron chi connectivity index (χ1n) is 3.53. The number of aliphatic hydroxyl groups excluding tert-OH is 1. The Morgan fingerprint density at radius 3 is 2.00 bits per heavy atom. The van der Waals surface area contributed by atoms with Crippen LogP contribution in [0, 0.1) is 5.92 Å². The van der Waals surface area contributed by atoms with Crippen molar-refractivity contribution in [3.05, 3.63) is 0 Å². The van der Waals surface area contributed by atoms with E-state index in [0.717, 1.165) is 6.42 Å². The standard InChI is InChI=1S/C7H17NO/c1-4-5(2)7(9)6(3)8/h5-7,9H,4,8H2,1-3H3. The molecule has 0 aliphatic rings. The number of hydrogen-bond acceptors (Lipinski definition) is 2. The Bertz CT molecular complexity index is 73.3. The van der Waals surface area contributed by atoms with Crippen LogP contribution in [0.1, 0.15) is 27.2 Å². The van der Waals surface area contributed by atoms with Gasteiger partial charge in [-0.05, 0) is 12.8 Å². The predicted molar refractivity (Wildman–Crippen MR) is 39.1 cm³/mol. The van der Waals surface area contributed by atoms with E-state index in [1.165, 1.54) is 0 Å². The zero-order valence-electron chi connectivity index (χ0n) is 6.46. The Morgan fingerprint density at radius 1 is 1.44 bits per heavy atom. The van der Waals surface area contributed by atoms with Crippen LogP contribution in [0.3, 0.4) is 0 Å². The summed E-state index contributed by atoms with van der Waals surface area (Å²) < 4.78 is 0. The Kier molecular flexibility index (Phi) is 3.82. The lowest BCUT2D eigenvalue weighted by molar-refractivity contribution is 0.0937. The molecule has 9 heavy (non-hydrogen) atoms. The molecule has 0 aromatic rings. The van der Waals surface area contributed by atoms with Crippen LogP contribution in [-0.2, 0) is 0 Å². The third-order valence-electron chi connectivity index (χ3n) is 1.77. The lowest BCUT2D eigenvalue weighted by Crippen LogP contribution is -2.36. The highest BCUT2D eigenvalue weighted by molar-refractivity contribution is 4.70. The van der Waals surface area contributed by atoms with Gasteiger partial charge in [0, 0.05) is 6.04 Å². The molecule has 3 unspecified atom stereocenters. The first-order chi connectivity index (χ1) is 4.09. The Balaban J connectivity index is 3.58. The van der Waals surface area contributed by atoms with Gasteiger partial charge in [0.05, 0.1) is 6.10 Å². The topological polar surface area (TPSA) is 46.2 Å². The van der Waals surface area contributed by atoms with Crippen LogP contribution in [0.2, 0.25) is 0 Å². The summed E-state index contributed by atoms with van der Waals surface area (Å²) in [7, 11) is 0. The van der Waals surface area contributed by atoms with Gasteiger partial charge in [-0.1, -0.05) is 20.3 Å². The minimum atomic E-state index is -0.338. The molecular formula is C7H17NO. The minimum absolute atomic E-state index is 0.0973. The average molecular weight is 131 g/mol. The SMILES string of the molecule is CCC(C)C(O)C(C)N. The molecule has 0 spiro atoms. The second-order valence-corrected chi connectivity index (χ2v) is 2.74. The van der Waals surface area contributed by atoms with Gasteiger partial charge in [-0.2, -0.15) is 0 Å².